The summed E-state index contributed by atoms with van der Waals surface area (Å²) in [6.07, 6.45) is 1.57. The molecule has 0 aliphatic heterocycles. The van der Waals surface area contributed by atoms with E-state index in [9.17, 15) is 4.79 Å². The van der Waals surface area contributed by atoms with Crippen molar-refractivity contribution in [2.24, 2.45) is 11.7 Å². The first-order valence-corrected chi connectivity index (χ1v) is 6.58. The molecule has 1 aromatic carbocycles. The highest BCUT2D eigenvalue weighted by Crippen LogP contribution is 2.21. The van der Waals surface area contributed by atoms with Gasteiger partial charge in [-0.1, -0.05) is 22.9 Å². The zero-order valence-electron chi connectivity index (χ0n) is 10.2. The van der Waals surface area contributed by atoms with Crippen LogP contribution in [0.5, 0.6) is 0 Å². The molecule has 3 N–H and O–H groups in total. The summed E-state index contributed by atoms with van der Waals surface area (Å²) in [4.78, 5) is 11.9. The highest BCUT2D eigenvalue weighted by atomic mass is 79.9. The molecule has 1 aromatic rings. The summed E-state index contributed by atoms with van der Waals surface area (Å²) in [5, 5.41) is 11.8. The van der Waals surface area contributed by atoms with Gasteiger partial charge >= 0.3 is 0 Å². The van der Waals surface area contributed by atoms with E-state index < -0.39 is 0 Å². The molecule has 1 rings (SSSR count). The van der Waals surface area contributed by atoms with E-state index in [0.717, 1.165) is 17.3 Å². The van der Waals surface area contributed by atoms with Crippen molar-refractivity contribution in [1.82, 2.24) is 0 Å². The summed E-state index contributed by atoms with van der Waals surface area (Å²) in [5.41, 5.74) is 6.41. The number of halogens is 1. The van der Waals surface area contributed by atoms with Crippen LogP contribution in [0.4, 0.5) is 5.69 Å². The second-order valence-electron chi connectivity index (χ2n) is 4.12. The molecule has 0 radical (unpaired) electrons. The summed E-state index contributed by atoms with van der Waals surface area (Å²) in [6.45, 7) is 2.44. The average Bonchev–Trinajstić information content (AvgIpc) is 2.37. The van der Waals surface area contributed by atoms with Crippen LogP contribution in [0.2, 0.25) is 0 Å². The molecule has 0 aliphatic rings. The van der Waals surface area contributed by atoms with Gasteiger partial charge in [0.1, 0.15) is 6.07 Å². The summed E-state index contributed by atoms with van der Waals surface area (Å²) < 4.78 is 0.813. The van der Waals surface area contributed by atoms with Crippen LogP contribution in [0.1, 0.15) is 25.3 Å². The van der Waals surface area contributed by atoms with Crippen LogP contribution in [-0.4, -0.2) is 12.5 Å². The summed E-state index contributed by atoms with van der Waals surface area (Å²) in [5.74, 6) is -0.189. The number of nitrogens with two attached hydrogens (primary N) is 1. The van der Waals surface area contributed by atoms with Crippen molar-refractivity contribution in [3.05, 3.63) is 28.2 Å². The monoisotopic (exact) mass is 309 g/mol. The zero-order chi connectivity index (χ0) is 13.5. The van der Waals surface area contributed by atoms with Crippen molar-refractivity contribution < 1.29 is 4.79 Å². The van der Waals surface area contributed by atoms with E-state index in [4.69, 9.17) is 11.0 Å². The Bertz CT molecular complexity index is 468. The number of carbonyl (C=O) groups excluding carboxylic acids is 1. The maximum atomic E-state index is 11.9. The van der Waals surface area contributed by atoms with Gasteiger partial charge in [-0.25, -0.2) is 0 Å². The lowest BCUT2D eigenvalue weighted by Gasteiger charge is -2.12. The number of carbonyl (C=O) groups is 1. The summed E-state index contributed by atoms with van der Waals surface area (Å²) >= 11 is 3.29. The second-order valence-corrected chi connectivity index (χ2v) is 5.04. The zero-order valence-corrected chi connectivity index (χ0v) is 11.8. The van der Waals surface area contributed by atoms with Crippen LogP contribution >= 0.6 is 15.9 Å². The van der Waals surface area contributed by atoms with Crippen LogP contribution in [-0.2, 0) is 4.79 Å². The van der Waals surface area contributed by atoms with Crippen molar-refractivity contribution in [2.75, 3.05) is 11.9 Å². The molecule has 0 aliphatic carbocycles. The third-order valence-corrected chi connectivity index (χ3v) is 3.14. The van der Waals surface area contributed by atoms with Gasteiger partial charge in [0.05, 0.1) is 11.3 Å². The van der Waals surface area contributed by atoms with Gasteiger partial charge in [0.2, 0.25) is 5.91 Å². The average molecular weight is 310 g/mol. The Balaban J connectivity index is 2.73. The fraction of sp³-hybridized carbons (Fsp3) is 0.385. The van der Waals surface area contributed by atoms with Gasteiger partial charge in [0.15, 0.2) is 0 Å². The highest BCUT2D eigenvalue weighted by molar-refractivity contribution is 9.10. The van der Waals surface area contributed by atoms with Crippen molar-refractivity contribution in [3.8, 4) is 6.07 Å². The Morgan fingerprint density at radius 1 is 1.61 bits per heavy atom. The van der Waals surface area contributed by atoms with Gasteiger partial charge in [0, 0.05) is 10.4 Å². The number of anilines is 1. The Hall–Kier alpha value is -1.38. The van der Waals surface area contributed by atoms with Crippen molar-refractivity contribution >= 4 is 27.5 Å². The Kier molecular flexibility index (Phi) is 5.83. The van der Waals surface area contributed by atoms with Crippen LogP contribution < -0.4 is 11.1 Å². The molecule has 5 heteroatoms. The molecule has 0 bridgehead atoms. The molecule has 1 amide bonds. The van der Waals surface area contributed by atoms with Crippen molar-refractivity contribution in [2.45, 2.75) is 19.8 Å². The minimum absolute atomic E-state index is 0.0812. The lowest BCUT2D eigenvalue weighted by atomic mass is 10.0. The molecule has 0 aromatic heterocycles. The van der Waals surface area contributed by atoms with E-state index in [1.807, 2.05) is 6.92 Å². The molecule has 1 unspecified atom stereocenters. The molecule has 0 fully saturated rings. The number of nitrogens with zero attached hydrogens (tertiary/aromatic N) is 1. The number of hydrogen-bond acceptors (Lipinski definition) is 3. The molecule has 0 heterocycles. The fourth-order valence-corrected chi connectivity index (χ4v) is 1.89. The van der Waals surface area contributed by atoms with Crippen LogP contribution in [0.25, 0.3) is 0 Å². The first-order chi connectivity index (χ1) is 8.58. The SMILES string of the molecule is CC(CCCN)C(=O)Nc1ccc(Br)cc1C#N. The third-order valence-electron chi connectivity index (χ3n) is 2.65. The molecule has 0 saturated heterocycles. The predicted molar refractivity (Wildman–Crippen MR) is 74.9 cm³/mol. The van der Waals surface area contributed by atoms with E-state index >= 15 is 0 Å². The lowest BCUT2D eigenvalue weighted by Crippen LogP contribution is -2.21. The number of rotatable bonds is 5. The van der Waals surface area contributed by atoms with Crippen LogP contribution in [0, 0.1) is 17.2 Å². The number of nitriles is 1. The molecule has 4 nitrogen and oxygen atoms in total. The van der Waals surface area contributed by atoms with Gasteiger partial charge < -0.3 is 11.1 Å². The summed E-state index contributed by atoms with van der Waals surface area (Å²) in [6, 6.07) is 7.25. The third kappa shape index (κ3) is 4.13. The van der Waals surface area contributed by atoms with Gasteiger partial charge in [0.25, 0.3) is 0 Å². The molecule has 96 valence electrons. The smallest absolute Gasteiger partial charge is 0.227 e. The van der Waals surface area contributed by atoms with E-state index in [0.29, 0.717) is 17.8 Å². The maximum Gasteiger partial charge on any atom is 0.227 e. The molecule has 1 atom stereocenters. The van der Waals surface area contributed by atoms with Gasteiger partial charge in [-0.05, 0) is 37.6 Å². The standard InChI is InChI=1S/C13H16BrN3O/c1-9(3-2-6-15)13(18)17-12-5-4-11(14)7-10(12)8-16/h4-5,7,9H,2-3,6,15H2,1H3,(H,17,18). The quantitative estimate of drug-likeness (QED) is 0.877. The molecular weight excluding hydrogens is 294 g/mol. The van der Waals surface area contributed by atoms with E-state index in [-0.39, 0.29) is 11.8 Å². The van der Waals surface area contributed by atoms with E-state index in [1.54, 1.807) is 18.2 Å². The lowest BCUT2D eigenvalue weighted by molar-refractivity contribution is -0.119. The number of hydrogen-bond donors (Lipinski definition) is 2. The predicted octanol–water partition coefficient (Wildman–Crippen LogP) is 2.63. The normalized spacial score (nSPS) is 11.7. The highest BCUT2D eigenvalue weighted by Gasteiger charge is 2.14. The Labute approximate surface area is 115 Å². The minimum Gasteiger partial charge on any atom is -0.330 e. The largest absolute Gasteiger partial charge is 0.330 e. The fourth-order valence-electron chi connectivity index (χ4n) is 1.53. The van der Waals surface area contributed by atoms with Crippen LogP contribution in [0.15, 0.2) is 22.7 Å². The van der Waals surface area contributed by atoms with Crippen molar-refractivity contribution in [3.63, 3.8) is 0 Å². The van der Waals surface area contributed by atoms with Gasteiger partial charge in [-0.2, -0.15) is 5.26 Å². The molecule has 18 heavy (non-hydrogen) atoms. The number of benzene rings is 1. The molecule has 0 saturated carbocycles. The Morgan fingerprint density at radius 3 is 2.94 bits per heavy atom. The van der Waals surface area contributed by atoms with Gasteiger partial charge in [-0.3, -0.25) is 4.79 Å². The molecule has 0 spiro atoms. The van der Waals surface area contributed by atoms with E-state index in [1.165, 1.54) is 0 Å². The minimum atomic E-state index is -0.108. The number of nitrogens with one attached hydrogen (secondary N) is 1. The maximum absolute atomic E-state index is 11.9. The summed E-state index contributed by atoms with van der Waals surface area (Å²) in [7, 11) is 0. The Morgan fingerprint density at radius 2 is 2.33 bits per heavy atom. The van der Waals surface area contributed by atoms with Crippen LogP contribution in [0.3, 0.4) is 0 Å². The number of amides is 1. The van der Waals surface area contributed by atoms with Crippen molar-refractivity contribution in [1.29, 1.82) is 5.26 Å². The second kappa shape index (κ2) is 7.14. The molecular formula is C13H16BrN3O. The first-order valence-electron chi connectivity index (χ1n) is 5.79. The topological polar surface area (TPSA) is 78.9 Å². The van der Waals surface area contributed by atoms with Gasteiger partial charge in [-0.15, -0.1) is 0 Å². The first kappa shape index (κ1) is 14.7. The van der Waals surface area contributed by atoms with E-state index in [2.05, 4.69) is 27.3 Å².